The maximum atomic E-state index is 13.5. The summed E-state index contributed by atoms with van der Waals surface area (Å²) in [5.41, 5.74) is -0.0312. The first kappa shape index (κ1) is 22.8. The zero-order valence-corrected chi connectivity index (χ0v) is 18.5. The van der Waals surface area contributed by atoms with Crippen LogP contribution in [-0.4, -0.2) is 79.6 Å². The van der Waals surface area contributed by atoms with Gasteiger partial charge in [0.1, 0.15) is 0 Å². The number of carbonyl (C=O) groups is 1. The summed E-state index contributed by atoms with van der Waals surface area (Å²) in [6, 6.07) is 5.95. The van der Waals surface area contributed by atoms with Gasteiger partial charge in [0.25, 0.3) is 0 Å². The van der Waals surface area contributed by atoms with Gasteiger partial charge in [-0.2, -0.15) is 13.2 Å². The van der Waals surface area contributed by atoms with Crippen LogP contribution in [-0.2, 0) is 11.0 Å². The normalized spacial score (nSPS) is 23.5. The number of benzene rings is 1. The summed E-state index contributed by atoms with van der Waals surface area (Å²) in [5, 5.41) is 3.64. The van der Waals surface area contributed by atoms with Gasteiger partial charge in [0.15, 0.2) is 0 Å². The van der Waals surface area contributed by atoms with E-state index in [4.69, 9.17) is 0 Å². The number of rotatable bonds is 4. The van der Waals surface area contributed by atoms with E-state index in [9.17, 15) is 18.0 Å². The van der Waals surface area contributed by atoms with Gasteiger partial charge in [-0.15, -0.1) is 0 Å². The Labute approximate surface area is 186 Å². The standard InChI is InChI=1S/C23H30F3N5O/c1-16-12-17(28-21(32)15-30-10-8-29(2)9-11-30)14-31(13-16)20-6-5-19(23(24,25)26)22-18(20)4-3-7-27-22/h3-7,16-17H,8-15H2,1-2H3,(H,28,32). The first-order chi connectivity index (χ1) is 15.2. The van der Waals surface area contributed by atoms with Crippen molar-refractivity contribution in [2.24, 2.45) is 5.92 Å². The quantitative estimate of drug-likeness (QED) is 0.778. The van der Waals surface area contributed by atoms with Gasteiger partial charge < -0.3 is 15.1 Å². The van der Waals surface area contributed by atoms with Crippen LogP contribution in [0, 0.1) is 5.92 Å². The van der Waals surface area contributed by atoms with E-state index in [0.29, 0.717) is 24.4 Å². The monoisotopic (exact) mass is 449 g/mol. The van der Waals surface area contributed by atoms with Crippen molar-refractivity contribution in [3.05, 3.63) is 36.0 Å². The molecule has 1 N–H and O–H groups in total. The lowest BCUT2D eigenvalue weighted by molar-refractivity contribution is -0.136. The fourth-order valence-electron chi connectivity index (χ4n) is 4.80. The van der Waals surface area contributed by atoms with Crippen LogP contribution in [0.4, 0.5) is 18.9 Å². The number of anilines is 1. The minimum Gasteiger partial charge on any atom is -0.369 e. The number of nitrogens with zero attached hydrogens (tertiary/aromatic N) is 4. The maximum Gasteiger partial charge on any atom is 0.418 e. The fourth-order valence-corrected chi connectivity index (χ4v) is 4.80. The van der Waals surface area contributed by atoms with Gasteiger partial charge in [0, 0.05) is 62.6 Å². The predicted molar refractivity (Wildman–Crippen MR) is 119 cm³/mol. The molecule has 174 valence electrons. The van der Waals surface area contributed by atoms with Gasteiger partial charge in [-0.25, -0.2) is 0 Å². The average Bonchev–Trinajstić information content (AvgIpc) is 2.73. The summed E-state index contributed by atoms with van der Waals surface area (Å²) in [6.45, 7) is 7.44. The zero-order valence-electron chi connectivity index (χ0n) is 18.5. The molecule has 32 heavy (non-hydrogen) atoms. The minimum atomic E-state index is -4.46. The third-order valence-corrected chi connectivity index (χ3v) is 6.38. The molecule has 9 heteroatoms. The van der Waals surface area contributed by atoms with Gasteiger partial charge in [0.2, 0.25) is 5.91 Å². The van der Waals surface area contributed by atoms with Gasteiger partial charge >= 0.3 is 6.18 Å². The summed E-state index contributed by atoms with van der Waals surface area (Å²) in [4.78, 5) is 23.2. The van der Waals surface area contributed by atoms with Crippen LogP contribution in [0.25, 0.3) is 10.9 Å². The largest absolute Gasteiger partial charge is 0.418 e. The molecular weight excluding hydrogens is 419 g/mol. The van der Waals surface area contributed by atoms with Crippen LogP contribution >= 0.6 is 0 Å². The van der Waals surface area contributed by atoms with Gasteiger partial charge in [-0.3, -0.25) is 14.7 Å². The van der Waals surface area contributed by atoms with E-state index in [1.54, 1.807) is 12.1 Å². The molecule has 2 saturated heterocycles. The fraction of sp³-hybridized carbons (Fsp3) is 0.565. The summed E-state index contributed by atoms with van der Waals surface area (Å²) >= 11 is 0. The second-order valence-electron chi connectivity index (χ2n) is 9.12. The molecule has 3 heterocycles. The van der Waals surface area contributed by atoms with E-state index < -0.39 is 11.7 Å². The lowest BCUT2D eigenvalue weighted by Crippen LogP contribution is -2.53. The molecule has 0 spiro atoms. The highest BCUT2D eigenvalue weighted by Crippen LogP contribution is 2.38. The Morgan fingerprint density at radius 2 is 1.91 bits per heavy atom. The van der Waals surface area contributed by atoms with Crippen molar-refractivity contribution in [1.29, 1.82) is 0 Å². The molecule has 1 aromatic carbocycles. The molecule has 2 atom stereocenters. The second kappa shape index (κ2) is 9.23. The Balaban J connectivity index is 1.49. The molecule has 2 fully saturated rings. The lowest BCUT2D eigenvalue weighted by atomic mass is 9.94. The number of halogens is 3. The Kier molecular flexibility index (Phi) is 6.57. The van der Waals surface area contributed by atoms with Crippen LogP contribution < -0.4 is 10.2 Å². The Morgan fingerprint density at radius 1 is 1.16 bits per heavy atom. The predicted octanol–water partition coefficient (Wildman–Crippen LogP) is 2.83. The molecule has 1 amide bonds. The highest BCUT2D eigenvalue weighted by atomic mass is 19.4. The molecule has 0 saturated carbocycles. The molecule has 2 aliphatic rings. The molecule has 0 bridgehead atoms. The number of aromatic nitrogens is 1. The number of carbonyl (C=O) groups excluding carboxylic acids is 1. The number of pyridine rings is 1. The maximum absolute atomic E-state index is 13.5. The van der Waals surface area contributed by atoms with Gasteiger partial charge in [-0.05, 0) is 43.7 Å². The summed E-state index contributed by atoms with van der Waals surface area (Å²) in [5.74, 6) is 0.305. The lowest BCUT2D eigenvalue weighted by Gasteiger charge is -2.39. The van der Waals surface area contributed by atoms with Crippen molar-refractivity contribution in [2.75, 3.05) is 57.8 Å². The molecule has 1 aromatic heterocycles. The average molecular weight is 450 g/mol. The summed E-state index contributed by atoms with van der Waals surface area (Å²) < 4.78 is 40.4. The number of piperidine rings is 1. The van der Waals surface area contributed by atoms with Crippen molar-refractivity contribution in [3.63, 3.8) is 0 Å². The SMILES string of the molecule is CC1CC(NC(=O)CN2CCN(C)CC2)CN(c2ccc(C(F)(F)F)c3ncccc23)C1. The number of fused-ring (bicyclic) bond motifs is 1. The number of nitrogens with one attached hydrogen (secondary N) is 1. The van der Waals surface area contributed by atoms with E-state index in [2.05, 4.69) is 39.0 Å². The molecule has 2 aliphatic heterocycles. The van der Waals surface area contributed by atoms with E-state index in [1.807, 2.05) is 0 Å². The first-order valence-electron chi connectivity index (χ1n) is 11.1. The number of alkyl halides is 3. The second-order valence-corrected chi connectivity index (χ2v) is 9.12. The highest BCUT2D eigenvalue weighted by Gasteiger charge is 2.35. The number of piperazine rings is 1. The first-order valence-corrected chi connectivity index (χ1v) is 11.1. The van der Waals surface area contributed by atoms with E-state index >= 15 is 0 Å². The number of amides is 1. The third-order valence-electron chi connectivity index (χ3n) is 6.38. The van der Waals surface area contributed by atoms with Crippen LogP contribution in [0.2, 0.25) is 0 Å². The zero-order chi connectivity index (χ0) is 22.9. The Hall–Kier alpha value is -2.39. The molecular formula is C23H30F3N5O. The third kappa shape index (κ3) is 5.15. The van der Waals surface area contributed by atoms with E-state index in [0.717, 1.165) is 50.9 Å². The molecule has 2 unspecified atom stereocenters. The number of hydrogen-bond acceptors (Lipinski definition) is 5. The van der Waals surface area contributed by atoms with Gasteiger partial charge in [-0.1, -0.05) is 6.92 Å². The Morgan fingerprint density at radius 3 is 2.62 bits per heavy atom. The summed E-state index contributed by atoms with van der Waals surface area (Å²) in [7, 11) is 2.08. The topological polar surface area (TPSA) is 51.7 Å². The van der Waals surface area contributed by atoms with Crippen molar-refractivity contribution in [1.82, 2.24) is 20.1 Å². The molecule has 0 aliphatic carbocycles. The Bertz CT molecular complexity index is 958. The van der Waals surface area contributed by atoms with Crippen molar-refractivity contribution >= 4 is 22.5 Å². The van der Waals surface area contributed by atoms with Gasteiger partial charge in [0.05, 0.1) is 17.6 Å². The molecule has 0 radical (unpaired) electrons. The van der Waals surface area contributed by atoms with Crippen LogP contribution in [0.1, 0.15) is 18.9 Å². The molecule has 2 aromatic rings. The minimum absolute atomic E-state index is 0.00699. The number of likely N-dealkylation sites (N-methyl/N-ethyl adjacent to an activating group) is 1. The molecule has 6 nitrogen and oxygen atoms in total. The number of hydrogen-bond donors (Lipinski definition) is 1. The van der Waals surface area contributed by atoms with Crippen LogP contribution in [0.3, 0.4) is 0 Å². The van der Waals surface area contributed by atoms with Crippen molar-refractivity contribution in [3.8, 4) is 0 Å². The van der Waals surface area contributed by atoms with E-state index in [-0.39, 0.29) is 17.5 Å². The van der Waals surface area contributed by atoms with E-state index in [1.165, 1.54) is 12.3 Å². The van der Waals surface area contributed by atoms with Crippen LogP contribution in [0.5, 0.6) is 0 Å². The smallest absolute Gasteiger partial charge is 0.369 e. The van der Waals surface area contributed by atoms with Crippen LogP contribution in [0.15, 0.2) is 30.5 Å². The van der Waals surface area contributed by atoms with Crippen molar-refractivity contribution < 1.29 is 18.0 Å². The highest BCUT2D eigenvalue weighted by molar-refractivity contribution is 5.94. The van der Waals surface area contributed by atoms with Crippen molar-refractivity contribution in [2.45, 2.75) is 25.6 Å². The molecule has 4 rings (SSSR count). The summed E-state index contributed by atoms with van der Waals surface area (Å²) in [6.07, 6.45) is -2.22.